The number of carbonyl (C=O) groups excluding carboxylic acids is 3. The second-order valence-electron chi connectivity index (χ2n) is 6.88. The Hall–Kier alpha value is -3.66. The first-order chi connectivity index (χ1) is 14.0. The Kier molecular flexibility index (Phi) is 6.25. The van der Waals surface area contributed by atoms with Crippen LogP contribution in [0.2, 0.25) is 0 Å². The van der Waals surface area contributed by atoms with E-state index in [0.717, 1.165) is 5.56 Å². The van der Waals surface area contributed by atoms with Crippen LogP contribution < -0.4 is 5.32 Å². The second kappa shape index (κ2) is 9.02. The Labute approximate surface area is 168 Å². The molecule has 1 heterocycles. The van der Waals surface area contributed by atoms with Crippen LogP contribution in [-0.4, -0.2) is 35.8 Å². The Morgan fingerprint density at radius 3 is 2.55 bits per heavy atom. The Balaban J connectivity index is 1.50. The number of benzene rings is 2. The van der Waals surface area contributed by atoms with Gasteiger partial charge in [0.15, 0.2) is 6.61 Å². The molecule has 0 radical (unpaired) electrons. The van der Waals surface area contributed by atoms with Crippen LogP contribution in [0.3, 0.4) is 0 Å². The Morgan fingerprint density at radius 2 is 1.90 bits per heavy atom. The second-order valence-corrected chi connectivity index (χ2v) is 6.88. The van der Waals surface area contributed by atoms with Crippen molar-refractivity contribution in [1.82, 2.24) is 4.90 Å². The first kappa shape index (κ1) is 20.1. The molecule has 0 unspecified atom stereocenters. The topological polar surface area (TPSA) is 99.5 Å². The standard InChI is InChI=1S/C22H21N3O4/c1-15(17-5-3-2-4-6-17)25-13-18(11-21(25)27)22(28)29-14-20(26)24-19-9-7-16(12-23)8-10-19/h2-10,15,18H,11,13-14H2,1H3,(H,24,26)/t15-,18-/m1/s1. The zero-order chi connectivity index (χ0) is 20.8. The number of carbonyl (C=O) groups is 3. The fourth-order valence-corrected chi connectivity index (χ4v) is 3.26. The number of anilines is 1. The molecule has 1 aliphatic rings. The van der Waals surface area contributed by atoms with E-state index in [2.05, 4.69) is 5.32 Å². The molecule has 2 amide bonds. The molecule has 148 valence electrons. The van der Waals surface area contributed by atoms with Gasteiger partial charge in [0.1, 0.15) is 0 Å². The predicted octanol–water partition coefficient (Wildman–Crippen LogP) is 2.65. The number of likely N-dealkylation sites (tertiary alicyclic amines) is 1. The molecule has 1 N–H and O–H groups in total. The molecule has 1 aliphatic heterocycles. The molecule has 7 heteroatoms. The van der Waals surface area contributed by atoms with Gasteiger partial charge < -0.3 is 15.0 Å². The average molecular weight is 391 g/mol. The lowest BCUT2D eigenvalue weighted by Crippen LogP contribution is -2.30. The summed E-state index contributed by atoms with van der Waals surface area (Å²) >= 11 is 0. The maximum atomic E-state index is 12.4. The normalized spacial score (nSPS) is 16.8. The van der Waals surface area contributed by atoms with Gasteiger partial charge in [0, 0.05) is 18.7 Å². The molecule has 3 rings (SSSR count). The zero-order valence-corrected chi connectivity index (χ0v) is 16.0. The molecule has 29 heavy (non-hydrogen) atoms. The summed E-state index contributed by atoms with van der Waals surface area (Å²) in [7, 11) is 0. The molecule has 0 aromatic heterocycles. The predicted molar refractivity (Wildman–Crippen MR) is 105 cm³/mol. The van der Waals surface area contributed by atoms with Gasteiger partial charge in [0.05, 0.1) is 23.6 Å². The number of amides is 2. The molecule has 0 saturated carbocycles. The molecule has 2 aromatic rings. The third kappa shape index (κ3) is 4.99. The van der Waals surface area contributed by atoms with Gasteiger partial charge in [-0.2, -0.15) is 5.26 Å². The minimum absolute atomic E-state index is 0.0766. The highest BCUT2D eigenvalue weighted by Gasteiger charge is 2.38. The summed E-state index contributed by atoms with van der Waals surface area (Å²) in [5, 5.41) is 11.4. The summed E-state index contributed by atoms with van der Waals surface area (Å²) in [4.78, 5) is 38.3. The summed E-state index contributed by atoms with van der Waals surface area (Å²) in [6, 6.07) is 17.8. The van der Waals surface area contributed by atoms with E-state index in [1.807, 2.05) is 43.3 Å². The number of nitrogens with one attached hydrogen (secondary N) is 1. The quantitative estimate of drug-likeness (QED) is 0.763. The van der Waals surface area contributed by atoms with Gasteiger partial charge in [-0.3, -0.25) is 14.4 Å². The molecular formula is C22H21N3O4. The molecule has 0 bridgehead atoms. The highest BCUT2D eigenvalue weighted by atomic mass is 16.5. The van der Waals surface area contributed by atoms with E-state index < -0.39 is 24.4 Å². The molecule has 0 aliphatic carbocycles. The number of hydrogen-bond donors (Lipinski definition) is 1. The van der Waals surface area contributed by atoms with Crippen molar-refractivity contribution in [3.05, 3.63) is 65.7 Å². The van der Waals surface area contributed by atoms with E-state index in [0.29, 0.717) is 11.3 Å². The van der Waals surface area contributed by atoms with Crippen molar-refractivity contribution in [1.29, 1.82) is 5.26 Å². The summed E-state index contributed by atoms with van der Waals surface area (Å²) in [6.07, 6.45) is 0.0766. The maximum Gasteiger partial charge on any atom is 0.311 e. The monoisotopic (exact) mass is 391 g/mol. The number of nitriles is 1. The number of esters is 1. The third-order valence-electron chi connectivity index (χ3n) is 4.88. The third-order valence-corrected chi connectivity index (χ3v) is 4.88. The first-order valence-electron chi connectivity index (χ1n) is 9.29. The lowest BCUT2D eigenvalue weighted by molar-refractivity contribution is -0.151. The van der Waals surface area contributed by atoms with E-state index in [-0.39, 0.29) is 24.9 Å². The van der Waals surface area contributed by atoms with Gasteiger partial charge in [-0.05, 0) is 36.8 Å². The zero-order valence-electron chi connectivity index (χ0n) is 16.0. The minimum Gasteiger partial charge on any atom is -0.455 e. The minimum atomic E-state index is -0.587. The number of rotatable bonds is 6. The number of hydrogen-bond acceptors (Lipinski definition) is 5. The van der Waals surface area contributed by atoms with Crippen LogP contribution in [0.1, 0.15) is 30.5 Å². The smallest absolute Gasteiger partial charge is 0.311 e. The van der Waals surface area contributed by atoms with Crippen LogP contribution >= 0.6 is 0 Å². The molecule has 1 fully saturated rings. The lowest BCUT2D eigenvalue weighted by Gasteiger charge is -2.25. The van der Waals surface area contributed by atoms with E-state index in [4.69, 9.17) is 10.00 Å². The van der Waals surface area contributed by atoms with Crippen molar-refractivity contribution in [2.24, 2.45) is 5.92 Å². The van der Waals surface area contributed by atoms with Gasteiger partial charge in [0.2, 0.25) is 5.91 Å². The number of nitrogens with zero attached hydrogens (tertiary/aromatic N) is 2. The Morgan fingerprint density at radius 1 is 1.21 bits per heavy atom. The molecule has 2 aromatic carbocycles. The molecule has 2 atom stereocenters. The molecule has 7 nitrogen and oxygen atoms in total. The summed E-state index contributed by atoms with van der Waals surface area (Å²) in [5.74, 6) is -1.74. The highest BCUT2D eigenvalue weighted by molar-refractivity contribution is 5.93. The first-order valence-corrected chi connectivity index (χ1v) is 9.29. The van der Waals surface area contributed by atoms with Crippen molar-refractivity contribution < 1.29 is 19.1 Å². The van der Waals surface area contributed by atoms with Crippen molar-refractivity contribution in [2.45, 2.75) is 19.4 Å². The van der Waals surface area contributed by atoms with Gasteiger partial charge in [-0.1, -0.05) is 30.3 Å². The fourth-order valence-electron chi connectivity index (χ4n) is 3.26. The van der Waals surface area contributed by atoms with Gasteiger partial charge >= 0.3 is 5.97 Å². The van der Waals surface area contributed by atoms with Crippen LogP contribution in [0.15, 0.2) is 54.6 Å². The van der Waals surface area contributed by atoms with Crippen LogP contribution in [0.25, 0.3) is 0 Å². The Bertz CT molecular complexity index is 935. The molecule has 0 spiro atoms. The van der Waals surface area contributed by atoms with Crippen molar-refractivity contribution in [2.75, 3.05) is 18.5 Å². The van der Waals surface area contributed by atoms with E-state index >= 15 is 0 Å². The van der Waals surface area contributed by atoms with Crippen LogP contribution in [0, 0.1) is 17.2 Å². The van der Waals surface area contributed by atoms with Crippen molar-refractivity contribution in [3.8, 4) is 6.07 Å². The van der Waals surface area contributed by atoms with Gasteiger partial charge in [-0.15, -0.1) is 0 Å². The van der Waals surface area contributed by atoms with Crippen LogP contribution in [-0.2, 0) is 19.1 Å². The highest BCUT2D eigenvalue weighted by Crippen LogP contribution is 2.29. The summed E-state index contributed by atoms with van der Waals surface area (Å²) in [6.45, 7) is 1.76. The van der Waals surface area contributed by atoms with E-state index in [1.165, 1.54) is 0 Å². The number of ether oxygens (including phenoxy) is 1. The van der Waals surface area contributed by atoms with Gasteiger partial charge in [0.25, 0.3) is 5.91 Å². The molecular weight excluding hydrogens is 370 g/mol. The average Bonchev–Trinajstić information content (AvgIpc) is 3.14. The van der Waals surface area contributed by atoms with Crippen LogP contribution in [0.4, 0.5) is 5.69 Å². The van der Waals surface area contributed by atoms with Gasteiger partial charge in [-0.25, -0.2) is 0 Å². The van der Waals surface area contributed by atoms with E-state index in [1.54, 1.807) is 29.2 Å². The lowest BCUT2D eigenvalue weighted by atomic mass is 10.1. The van der Waals surface area contributed by atoms with E-state index in [9.17, 15) is 14.4 Å². The summed E-state index contributed by atoms with van der Waals surface area (Å²) < 4.78 is 5.10. The fraction of sp³-hybridized carbons (Fsp3) is 0.273. The SMILES string of the molecule is C[C@H](c1ccccc1)N1C[C@H](C(=O)OCC(=O)Nc2ccc(C#N)cc2)CC1=O. The molecule has 1 saturated heterocycles. The maximum absolute atomic E-state index is 12.4. The largest absolute Gasteiger partial charge is 0.455 e. The van der Waals surface area contributed by atoms with Crippen molar-refractivity contribution in [3.63, 3.8) is 0 Å². The van der Waals surface area contributed by atoms with Crippen molar-refractivity contribution >= 4 is 23.5 Å². The summed E-state index contributed by atoms with van der Waals surface area (Å²) in [5.41, 5.74) is 1.98. The van der Waals surface area contributed by atoms with Crippen LogP contribution in [0.5, 0.6) is 0 Å².